The number of ketones is 1. The minimum Gasteiger partial charge on any atom is -0.507 e. The van der Waals surface area contributed by atoms with Crippen molar-refractivity contribution in [2.45, 2.75) is 45.9 Å². The SMILES string of the molecule is CCCOC(=O)c1ccc(CN2C(=O)C(=O)/C(=C(/O)c3cccc(OC(C)C)c3)C2c2cccnc2)cc1. The van der Waals surface area contributed by atoms with Crippen LogP contribution in [0.1, 0.15) is 60.3 Å². The van der Waals surface area contributed by atoms with Gasteiger partial charge < -0.3 is 19.5 Å². The van der Waals surface area contributed by atoms with Crippen LogP contribution in [-0.4, -0.2) is 45.4 Å². The number of benzene rings is 2. The van der Waals surface area contributed by atoms with Crippen molar-refractivity contribution in [3.05, 3.63) is 101 Å². The molecule has 8 nitrogen and oxygen atoms in total. The lowest BCUT2D eigenvalue weighted by molar-refractivity contribution is -0.140. The number of Topliss-reactive ketones (excluding diaryl/α,β-unsaturated/α-hetero) is 1. The Kier molecular flexibility index (Phi) is 8.21. The van der Waals surface area contributed by atoms with E-state index in [2.05, 4.69) is 4.98 Å². The average molecular weight is 515 g/mol. The van der Waals surface area contributed by atoms with Gasteiger partial charge in [0, 0.05) is 24.5 Å². The molecule has 1 aliphatic heterocycles. The molecule has 2 heterocycles. The fraction of sp³-hybridized carbons (Fsp3) is 0.267. The summed E-state index contributed by atoms with van der Waals surface area (Å²) in [5, 5.41) is 11.3. The first-order valence-electron chi connectivity index (χ1n) is 12.5. The second-order valence-corrected chi connectivity index (χ2v) is 9.24. The Bertz CT molecular complexity index is 1350. The second kappa shape index (κ2) is 11.7. The van der Waals surface area contributed by atoms with E-state index < -0.39 is 23.7 Å². The molecule has 4 rings (SSSR count). The zero-order valence-corrected chi connectivity index (χ0v) is 21.6. The number of ether oxygens (including phenoxy) is 2. The summed E-state index contributed by atoms with van der Waals surface area (Å²) in [4.78, 5) is 44.3. The van der Waals surface area contributed by atoms with E-state index in [1.165, 1.54) is 4.90 Å². The Labute approximate surface area is 221 Å². The Balaban J connectivity index is 1.71. The fourth-order valence-electron chi connectivity index (χ4n) is 4.29. The summed E-state index contributed by atoms with van der Waals surface area (Å²) in [6, 6.07) is 16.1. The van der Waals surface area contributed by atoms with E-state index in [4.69, 9.17) is 9.47 Å². The van der Waals surface area contributed by atoms with Gasteiger partial charge >= 0.3 is 5.97 Å². The molecule has 0 saturated carbocycles. The van der Waals surface area contributed by atoms with Gasteiger partial charge in [-0.2, -0.15) is 0 Å². The molecule has 8 heteroatoms. The largest absolute Gasteiger partial charge is 0.507 e. The number of esters is 1. The molecule has 1 atom stereocenters. The molecule has 1 aromatic heterocycles. The third kappa shape index (κ3) is 5.75. The molecule has 1 N–H and O–H groups in total. The lowest BCUT2D eigenvalue weighted by Gasteiger charge is -2.25. The van der Waals surface area contributed by atoms with Gasteiger partial charge in [0.05, 0.1) is 29.9 Å². The molecule has 38 heavy (non-hydrogen) atoms. The van der Waals surface area contributed by atoms with Gasteiger partial charge in [-0.1, -0.05) is 37.3 Å². The highest BCUT2D eigenvalue weighted by atomic mass is 16.5. The first-order valence-corrected chi connectivity index (χ1v) is 12.5. The normalized spacial score (nSPS) is 16.6. The first-order chi connectivity index (χ1) is 18.3. The van der Waals surface area contributed by atoms with Crippen molar-refractivity contribution in [3.8, 4) is 5.75 Å². The van der Waals surface area contributed by atoms with Gasteiger partial charge in [-0.15, -0.1) is 0 Å². The number of likely N-dealkylation sites (tertiary alicyclic amines) is 1. The first kappa shape index (κ1) is 26.6. The number of hydrogen-bond donors (Lipinski definition) is 1. The maximum atomic E-state index is 13.3. The predicted octanol–water partition coefficient (Wildman–Crippen LogP) is 5.06. The minimum absolute atomic E-state index is 0.0236. The van der Waals surface area contributed by atoms with Gasteiger partial charge in [0.1, 0.15) is 11.5 Å². The van der Waals surface area contributed by atoms with Crippen LogP contribution in [0.25, 0.3) is 5.76 Å². The third-order valence-electron chi connectivity index (χ3n) is 6.00. The number of carbonyl (C=O) groups is 3. The topological polar surface area (TPSA) is 106 Å². The molecule has 1 amide bonds. The highest BCUT2D eigenvalue weighted by molar-refractivity contribution is 6.46. The summed E-state index contributed by atoms with van der Waals surface area (Å²) in [6.07, 6.45) is 3.82. The van der Waals surface area contributed by atoms with Crippen molar-refractivity contribution in [1.29, 1.82) is 0 Å². The number of rotatable bonds is 9. The number of nitrogens with zero attached hydrogens (tertiary/aromatic N) is 2. The Morgan fingerprint density at radius 2 is 1.82 bits per heavy atom. The standard InChI is InChI=1S/C30H30N2O6/c1-4-15-37-30(36)21-12-10-20(11-13-21)18-32-26(23-8-6-14-31-17-23)25(28(34)29(32)35)27(33)22-7-5-9-24(16-22)38-19(2)3/h5-14,16-17,19,26,33H,4,15,18H2,1-3H3/b27-25+. The number of aliphatic hydroxyl groups excluding tert-OH is 1. The van der Waals surface area contributed by atoms with Gasteiger partial charge in [0.25, 0.3) is 11.7 Å². The Morgan fingerprint density at radius 1 is 1.05 bits per heavy atom. The molecule has 2 aromatic carbocycles. The van der Waals surface area contributed by atoms with E-state index in [-0.39, 0.29) is 24.0 Å². The lowest BCUT2D eigenvalue weighted by Crippen LogP contribution is -2.29. The molecular formula is C30H30N2O6. The van der Waals surface area contributed by atoms with Crippen LogP contribution in [0.3, 0.4) is 0 Å². The molecule has 0 spiro atoms. The fourth-order valence-corrected chi connectivity index (χ4v) is 4.29. The number of aromatic nitrogens is 1. The molecule has 1 fully saturated rings. The van der Waals surface area contributed by atoms with E-state index >= 15 is 0 Å². The molecule has 1 aliphatic rings. The third-order valence-corrected chi connectivity index (χ3v) is 6.00. The Morgan fingerprint density at radius 3 is 2.47 bits per heavy atom. The van der Waals surface area contributed by atoms with Crippen molar-refractivity contribution in [2.24, 2.45) is 0 Å². The number of amides is 1. The monoisotopic (exact) mass is 514 g/mol. The van der Waals surface area contributed by atoms with Crippen LogP contribution in [0.4, 0.5) is 0 Å². The quantitative estimate of drug-likeness (QED) is 0.184. The van der Waals surface area contributed by atoms with E-state index in [9.17, 15) is 19.5 Å². The number of aliphatic hydroxyl groups is 1. The summed E-state index contributed by atoms with van der Waals surface area (Å²) in [5.41, 5.74) is 2.04. The van der Waals surface area contributed by atoms with Crippen LogP contribution in [0, 0.1) is 0 Å². The van der Waals surface area contributed by atoms with Crippen LogP contribution in [-0.2, 0) is 20.9 Å². The number of pyridine rings is 1. The maximum Gasteiger partial charge on any atom is 0.338 e. The summed E-state index contributed by atoms with van der Waals surface area (Å²) >= 11 is 0. The summed E-state index contributed by atoms with van der Waals surface area (Å²) < 4.78 is 10.9. The molecule has 1 saturated heterocycles. The maximum absolute atomic E-state index is 13.3. The van der Waals surface area contributed by atoms with Crippen molar-refractivity contribution in [2.75, 3.05) is 6.61 Å². The summed E-state index contributed by atoms with van der Waals surface area (Å²) in [7, 11) is 0. The lowest BCUT2D eigenvalue weighted by atomic mass is 9.96. The van der Waals surface area contributed by atoms with Crippen molar-refractivity contribution in [1.82, 2.24) is 9.88 Å². The molecule has 0 aliphatic carbocycles. The van der Waals surface area contributed by atoms with E-state index in [0.717, 1.165) is 6.42 Å². The average Bonchev–Trinajstić information content (AvgIpc) is 3.17. The van der Waals surface area contributed by atoms with E-state index in [0.29, 0.717) is 34.6 Å². The van der Waals surface area contributed by atoms with Crippen LogP contribution in [0.5, 0.6) is 5.75 Å². The summed E-state index contributed by atoms with van der Waals surface area (Å²) in [6.45, 7) is 6.12. The zero-order valence-electron chi connectivity index (χ0n) is 21.6. The van der Waals surface area contributed by atoms with Gasteiger partial charge in [-0.3, -0.25) is 14.6 Å². The van der Waals surface area contributed by atoms with Gasteiger partial charge in [0.15, 0.2) is 0 Å². The van der Waals surface area contributed by atoms with Crippen molar-refractivity contribution >= 4 is 23.4 Å². The molecule has 196 valence electrons. The van der Waals surface area contributed by atoms with Gasteiger partial charge in [0.2, 0.25) is 0 Å². The van der Waals surface area contributed by atoms with Crippen LogP contribution >= 0.6 is 0 Å². The molecule has 0 bridgehead atoms. The second-order valence-electron chi connectivity index (χ2n) is 9.24. The smallest absolute Gasteiger partial charge is 0.338 e. The molecule has 3 aromatic rings. The van der Waals surface area contributed by atoms with Gasteiger partial charge in [-0.05, 0) is 61.7 Å². The Hall–Kier alpha value is -4.46. The highest BCUT2D eigenvalue weighted by Crippen LogP contribution is 2.40. The molecule has 0 radical (unpaired) electrons. The number of hydrogen-bond acceptors (Lipinski definition) is 7. The van der Waals surface area contributed by atoms with Crippen molar-refractivity contribution < 1.29 is 29.0 Å². The molecule has 1 unspecified atom stereocenters. The van der Waals surface area contributed by atoms with Crippen molar-refractivity contribution in [3.63, 3.8) is 0 Å². The predicted molar refractivity (Wildman–Crippen MR) is 141 cm³/mol. The number of carbonyl (C=O) groups excluding carboxylic acids is 3. The van der Waals surface area contributed by atoms with Crippen LogP contribution < -0.4 is 4.74 Å². The van der Waals surface area contributed by atoms with Crippen LogP contribution in [0.2, 0.25) is 0 Å². The minimum atomic E-state index is -0.854. The van der Waals surface area contributed by atoms with E-state index in [1.54, 1.807) is 73.1 Å². The molecular weight excluding hydrogens is 484 g/mol. The zero-order chi connectivity index (χ0) is 27.2. The summed E-state index contributed by atoms with van der Waals surface area (Å²) in [5.74, 6) is -1.69. The highest BCUT2D eigenvalue weighted by Gasteiger charge is 2.46. The van der Waals surface area contributed by atoms with Crippen LogP contribution in [0.15, 0.2) is 78.6 Å². The van der Waals surface area contributed by atoms with E-state index in [1.807, 2.05) is 20.8 Å². The van der Waals surface area contributed by atoms with Gasteiger partial charge in [-0.25, -0.2) is 4.79 Å².